The largest absolute Gasteiger partial charge is 0.280 e. The highest BCUT2D eigenvalue weighted by molar-refractivity contribution is 7.92. The fraction of sp³-hybridized carbons (Fsp3) is 0.0769. The minimum Gasteiger partial charge on any atom is -0.280 e. The third kappa shape index (κ3) is 3.41. The summed E-state index contributed by atoms with van der Waals surface area (Å²) < 4.78 is 26.7. The molecule has 0 fully saturated rings. The summed E-state index contributed by atoms with van der Waals surface area (Å²) in [5.74, 6) is 0. The van der Waals surface area contributed by atoms with Crippen LogP contribution < -0.4 is 4.72 Å². The van der Waals surface area contributed by atoms with Crippen molar-refractivity contribution in [2.24, 2.45) is 0 Å². The van der Waals surface area contributed by atoms with Gasteiger partial charge >= 0.3 is 0 Å². The Labute approximate surface area is 122 Å². The Morgan fingerprint density at radius 2 is 1.63 bits per heavy atom. The van der Waals surface area contributed by atoms with Crippen molar-refractivity contribution >= 4 is 38.9 Å². The Hall–Kier alpha value is -1.23. The minimum absolute atomic E-state index is 0.147. The first kappa shape index (κ1) is 14.2. The predicted octanol–water partition coefficient (Wildman–Crippen LogP) is 4.10. The van der Waals surface area contributed by atoms with Crippen molar-refractivity contribution in [3.63, 3.8) is 0 Å². The van der Waals surface area contributed by atoms with Gasteiger partial charge in [0.05, 0.1) is 10.6 Å². The van der Waals surface area contributed by atoms with E-state index in [9.17, 15) is 8.42 Å². The van der Waals surface area contributed by atoms with Gasteiger partial charge in [-0.2, -0.15) is 0 Å². The van der Waals surface area contributed by atoms with Crippen LogP contribution >= 0.6 is 23.2 Å². The van der Waals surface area contributed by atoms with Crippen LogP contribution in [0.2, 0.25) is 10.0 Å². The van der Waals surface area contributed by atoms with Crippen LogP contribution in [0.5, 0.6) is 0 Å². The molecule has 2 aromatic carbocycles. The fourth-order valence-electron chi connectivity index (χ4n) is 1.48. The van der Waals surface area contributed by atoms with Crippen molar-refractivity contribution in [1.29, 1.82) is 0 Å². The maximum Gasteiger partial charge on any atom is 0.261 e. The van der Waals surface area contributed by atoms with Crippen molar-refractivity contribution < 1.29 is 8.42 Å². The highest BCUT2D eigenvalue weighted by Gasteiger charge is 2.14. The first-order chi connectivity index (χ1) is 8.88. The van der Waals surface area contributed by atoms with Crippen molar-refractivity contribution in [2.75, 3.05) is 4.72 Å². The number of halogens is 2. The molecule has 0 aromatic heterocycles. The van der Waals surface area contributed by atoms with Crippen molar-refractivity contribution in [3.8, 4) is 0 Å². The molecule has 0 radical (unpaired) electrons. The van der Waals surface area contributed by atoms with E-state index in [-0.39, 0.29) is 4.90 Å². The van der Waals surface area contributed by atoms with Gasteiger partial charge in [-0.15, -0.1) is 0 Å². The van der Waals surface area contributed by atoms with Crippen LogP contribution in [0.4, 0.5) is 5.69 Å². The summed E-state index contributed by atoms with van der Waals surface area (Å²) in [5, 5.41) is 0.994. The number of hydrogen-bond donors (Lipinski definition) is 1. The van der Waals surface area contributed by atoms with Gasteiger partial charge < -0.3 is 0 Å². The second-order valence-corrected chi connectivity index (χ2v) is 6.55. The minimum atomic E-state index is -3.63. The average molecular weight is 316 g/mol. The van der Waals surface area contributed by atoms with Gasteiger partial charge in [0.25, 0.3) is 10.0 Å². The highest BCUT2D eigenvalue weighted by Crippen LogP contribution is 2.23. The molecule has 0 spiro atoms. The predicted molar refractivity (Wildman–Crippen MR) is 78.4 cm³/mol. The van der Waals surface area contributed by atoms with Crippen molar-refractivity contribution in [2.45, 2.75) is 11.8 Å². The van der Waals surface area contributed by atoms with E-state index in [1.807, 2.05) is 6.92 Å². The summed E-state index contributed by atoms with van der Waals surface area (Å²) in [7, 11) is -3.63. The molecule has 0 heterocycles. The molecule has 1 N–H and O–H groups in total. The number of aryl methyl sites for hydroxylation is 1. The van der Waals surface area contributed by atoms with Crippen molar-refractivity contribution in [3.05, 3.63) is 58.1 Å². The molecular weight excluding hydrogens is 305 g/mol. The lowest BCUT2D eigenvalue weighted by atomic mass is 10.2. The summed E-state index contributed by atoms with van der Waals surface area (Å²) >= 11 is 11.7. The topological polar surface area (TPSA) is 46.2 Å². The molecule has 0 aliphatic rings. The molecule has 0 saturated carbocycles. The van der Waals surface area contributed by atoms with E-state index in [4.69, 9.17) is 23.2 Å². The summed E-state index contributed by atoms with van der Waals surface area (Å²) in [4.78, 5) is 0.147. The molecule has 100 valence electrons. The molecular formula is C13H11Cl2NO2S. The summed E-state index contributed by atoms with van der Waals surface area (Å²) in [6, 6.07) is 10.9. The molecule has 0 aliphatic heterocycles. The Bertz CT molecular complexity index is 697. The van der Waals surface area contributed by atoms with E-state index in [1.54, 1.807) is 18.2 Å². The molecule has 19 heavy (non-hydrogen) atoms. The summed E-state index contributed by atoms with van der Waals surface area (Å²) in [6.45, 7) is 1.85. The molecule has 0 atom stereocenters. The van der Waals surface area contributed by atoms with Gasteiger partial charge in [-0.3, -0.25) is 4.72 Å². The summed E-state index contributed by atoms with van der Waals surface area (Å²) in [5.41, 5.74) is 1.31. The summed E-state index contributed by atoms with van der Waals surface area (Å²) in [6.07, 6.45) is 0. The standard InChI is InChI=1S/C13H11Cl2NO2S/c1-9-2-5-11(8-13(9)15)16-19(17,18)12-6-3-10(14)4-7-12/h2-8,16H,1H3. The van der Waals surface area contributed by atoms with E-state index in [0.29, 0.717) is 15.7 Å². The third-order valence-electron chi connectivity index (χ3n) is 2.55. The molecule has 3 nitrogen and oxygen atoms in total. The van der Waals surface area contributed by atoms with E-state index in [2.05, 4.69) is 4.72 Å². The normalized spacial score (nSPS) is 11.3. The third-order valence-corrected chi connectivity index (χ3v) is 4.60. The monoisotopic (exact) mass is 315 g/mol. The van der Waals surface area contributed by atoms with Gasteiger partial charge in [-0.25, -0.2) is 8.42 Å². The lowest BCUT2D eigenvalue weighted by molar-refractivity contribution is 0.601. The van der Waals surface area contributed by atoms with Gasteiger partial charge in [0, 0.05) is 10.0 Å². The van der Waals surface area contributed by atoms with Crippen LogP contribution in [0.25, 0.3) is 0 Å². The zero-order valence-electron chi connectivity index (χ0n) is 10.0. The number of anilines is 1. The van der Waals surface area contributed by atoms with E-state index in [0.717, 1.165) is 5.56 Å². The number of rotatable bonds is 3. The quantitative estimate of drug-likeness (QED) is 0.926. The zero-order chi connectivity index (χ0) is 14.0. The van der Waals surface area contributed by atoms with E-state index in [1.165, 1.54) is 24.3 Å². The lowest BCUT2D eigenvalue weighted by Gasteiger charge is -2.09. The molecule has 0 saturated heterocycles. The first-order valence-electron chi connectivity index (χ1n) is 5.43. The first-order valence-corrected chi connectivity index (χ1v) is 7.67. The fourth-order valence-corrected chi connectivity index (χ4v) is 2.84. The van der Waals surface area contributed by atoms with E-state index >= 15 is 0 Å². The maximum atomic E-state index is 12.1. The Morgan fingerprint density at radius 3 is 2.21 bits per heavy atom. The van der Waals surface area contributed by atoms with Gasteiger partial charge in [-0.1, -0.05) is 29.3 Å². The van der Waals surface area contributed by atoms with Crippen LogP contribution in [0.3, 0.4) is 0 Å². The SMILES string of the molecule is Cc1ccc(NS(=O)(=O)c2ccc(Cl)cc2)cc1Cl. The maximum absolute atomic E-state index is 12.1. The average Bonchev–Trinajstić information content (AvgIpc) is 2.34. The van der Waals surface area contributed by atoms with Gasteiger partial charge in [0.15, 0.2) is 0 Å². The van der Waals surface area contributed by atoms with Crippen LogP contribution in [0.15, 0.2) is 47.4 Å². The molecule has 2 rings (SSSR count). The Balaban J connectivity index is 2.30. The van der Waals surface area contributed by atoms with Crippen LogP contribution in [0.1, 0.15) is 5.56 Å². The molecule has 0 aliphatic carbocycles. The van der Waals surface area contributed by atoms with E-state index < -0.39 is 10.0 Å². The highest BCUT2D eigenvalue weighted by atomic mass is 35.5. The molecule has 0 bridgehead atoms. The van der Waals surface area contributed by atoms with Crippen LogP contribution in [-0.2, 0) is 10.0 Å². The molecule has 2 aromatic rings. The molecule has 0 amide bonds. The van der Waals surface area contributed by atoms with Crippen LogP contribution in [-0.4, -0.2) is 8.42 Å². The van der Waals surface area contributed by atoms with Crippen LogP contribution in [0, 0.1) is 6.92 Å². The number of hydrogen-bond acceptors (Lipinski definition) is 2. The zero-order valence-corrected chi connectivity index (χ0v) is 12.4. The molecule has 0 unspecified atom stereocenters. The molecule has 6 heteroatoms. The number of nitrogens with one attached hydrogen (secondary N) is 1. The Kier molecular flexibility index (Phi) is 4.04. The number of benzene rings is 2. The van der Waals surface area contributed by atoms with Gasteiger partial charge in [-0.05, 0) is 48.9 Å². The number of sulfonamides is 1. The smallest absolute Gasteiger partial charge is 0.261 e. The lowest BCUT2D eigenvalue weighted by Crippen LogP contribution is -2.12. The van der Waals surface area contributed by atoms with Crippen molar-refractivity contribution in [1.82, 2.24) is 0 Å². The second kappa shape index (κ2) is 5.41. The Morgan fingerprint density at radius 1 is 1.00 bits per heavy atom. The van der Waals surface area contributed by atoms with Gasteiger partial charge in [0.1, 0.15) is 0 Å². The van der Waals surface area contributed by atoms with Gasteiger partial charge in [0.2, 0.25) is 0 Å². The second-order valence-electron chi connectivity index (χ2n) is 4.02.